The molecule has 0 spiro atoms. The van der Waals surface area contributed by atoms with Crippen LogP contribution in [0.1, 0.15) is 42.3 Å². The van der Waals surface area contributed by atoms with E-state index >= 15 is 0 Å². The molecule has 0 bridgehead atoms. The van der Waals surface area contributed by atoms with Gasteiger partial charge < -0.3 is 20.2 Å². The van der Waals surface area contributed by atoms with E-state index in [2.05, 4.69) is 25.7 Å². The molecule has 0 amide bonds. The minimum absolute atomic E-state index is 0.265. The Morgan fingerprint density at radius 1 is 1.20 bits per heavy atom. The van der Waals surface area contributed by atoms with Crippen molar-refractivity contribution in [2.45, 2.75) is 46.8 Å². The number of pyridine rings is 1. The molecule has 0 aromatic carbocycles. The molecular weight excluding hydrogens is 380 g/mol. The zero-order chi connectivity index (χ0) is 21.7. The van der Waals surface area contributed by atoms with E-state index in [1.807, 2.05) is 56.6 Å². The van der Waals surface area contributed by atoms with E-state index in [0.717, 1.165) is 28.5 Å². The number of hydrogen-bond acceptors (Lipinski definition) is 5. The molecule has 3 heterocycles. The zero-order valence-electron chi connectivity index (χ0n) is 18.2. The number of aliphatic imine (C=N–C) groups is 1. The van der Waals surface area contributed by atoms with Crippen LogP contribution in [0.2, 0.25) is 0 Å². The van der Waals surface area contributed by atoms with E-state index in [4.69, 9.17) is 4.42 Å². The summed E-state index contributed by atoms with van der Waals surface area (Å²) >= 11 is 0. The molecule has 160 valence electrons. The molecule has 0 saturated carbocycles. The Balaban J connectivity index is 1.65. The first-order valence-electron chi connectivity index (χ1n) is 10.1. The van der Waals surface area contributed by atoms with Crippen molar-refractivity contribution in [3.05, 3.63) is 65.0 Å². The fourth-order valence-electron chi connectivity index (χ4n) is 3.08. The van der Waals surface area contributed by atoms with Crippen molar-refractivity contribution in [2.75, 3.05) is 13.1 Å². The number of aromatic nitrogens is 3. The summed E-state index contributed by atoms with van der Waals surface area (Å²) in [6.45, 7) is 11.0. The van der Waals surface area contributed by atoms with Crippen LogP contribution in [0.15, 0.2) is 45.9 Å². The Hall–Kier alpha value is -3.13. The van der Waals surface area contributed by atoms with Crippen LogP contribution in [-0.2, 0) is 12.1 Å². The molecule has 0 radical (unpaired) electrons. The minimum atomic E-state index is -1.15. The average molecular weight is 411 g/mol. The van der Waals surface area contributed by atoms with Crippen molar-refractivity contribution >= 4 is 5.96 Å². The van der Waals surface area contributed by atoms with Crippen molar-refractivity contribution in [3.63, 3.8) is 0 Å². The Morgan fingerprint density at radius 3 is 2.57 bits per heavy atom. The van der Waals surface area contributed by atoms with Gasteiger partial charge >= 0.3 is 0 Å². The van der Waals surface area contributed by atoms with Gasteiger partial charge in [0.2, 0.25) is 0 Å². The second kappa shape index (κ2) is 9.13. The number of guanidine groups is 1. The molecule has 3 rings (SSSR count). The van der Waals surface area contributed by atoms with E-state index in [0.29, 0.717) is 24.8 Å². The van der Waals surface area contributed by atoms with Gasteiger partial charge in [0, 0.05) is 18.4 Å². The van der Waals surface area contributed by atoms with Gasteiger partial charge in [0.25, 0.3) is 0 Å². The van der Waals surface area contributed by atoms with Crippen molar-refractivity contribution in [1.82, 2.24) is 25.4 Å². The van der Waals surface area contributed by atoms with Crippen LogP contribution in [0.5, 0.6) is 0 Å². The van der Waals surface area contributed by atoms with E-state index in [1.165, 1.54) is 0 Å². The van der Waals surface area contributed by atoms with Crippen molar-refractivity contribution < 1.29 is 9.52 Å². The van der Waals surface area contributed by atoms with Crippen molar-refractivity contribution in [3.8, 4) is 5.82 Å². The van der Waals surface area contributed by atoms with Crippen LogP contribution in [0.3, 0.4) is 0 Å². The minimum Gasteiger partial charge on any atom is -0.463 e. The highest BCUT2D eigenvalue weighted by Gasteiger charge is 2.27. The lowest BCUT2D eigenvalue weighted by molar-refractivity contribution is 0.0378. The molecule has 8 nitrogen and oxygen atoms in total. The summed E-state index contributed by atoms with van der Waals surface area (Å²) in [6, 6.07) is 9.58. The molecule has 0 saturated heterocycles. The average Bonchev–Trinajstić information content (AvgIpc) is 3.30. The van der Waals surface area contributed by atoms with Crippen molar-refractivity contribution in [2.24, 2.45) is 4.99 Å². The summed E-state index contributed by atoms with van der Waals surface area (Å²) in [4.78, 5) is 9.11. The molecule has 3 N–H and O–H groups in total. The van der Waals surface area contributed by atoms with Gasteiger partial charge in [0.15, 0.2) is 11.8 Å². The monoisotopic (exact) mass is 410 g/mol. The largest absolute Gasteiger partial charge is 0.463 e. The SMILES string of the molecule is CCNC(=NCc1ccc(-n2nc(C)cc2C)nc1)NCC(C)(O)c1ccc(C)o1. The maximum absolute atomic E-state index is 10.7. The van der Waals surface area contributed by atoms with Gasteiger partial charge in [0.1, 0.15) is 17.1 Å². The Morgan fingerprint density at radius 2 is 2.00 bits per heavy atom. The lowest BCUT2D eigenvalue weighted by Gasteiger charge is -2.22. The molecule has 3 aromatic rings. The summed E-state index contributed by atoms with van der Waals surface area (Å²) in [7, 11) is 0. The third-order valence-corrected chi connectivity index (χ3v) is 4.67. The lowest BCUT2D eigenvalue weighted by Crippen LogP contribution is -2.44. The lowest BCUT2D eigenvalue weighted by atomic mass is 10.0. The summed E-state index contributed by atoms with van der Waals surface area (Å²) in [5, 5.41) is 21.5. The van der Waals surface area contributed by atoms with Gasteiger partial charge in [-0.05, 0) is 64.4 Å². The van der Waals surface area contributed by atoms with Gasteiger partial charge in [-0.3, -0.25) is 0 Å². The van der Waals surface area contributed by atoms with Crippen LogP contribution in [-0.4, -0.2) is 38.9 Å². The molecule has 3 aromatic heterocycles. The molecule has 1 atom stereocenters. The topological polar surface area (TPSA) is 100 Å². The van der Waals surface area contributed by atoms with Crippen LogP contribution >= 0.6 is 0 Å². The molecule has 0 fully saturated rings. The molecule has 0 aliphatic heterocycles. The summed E-state index contributed by atoms with van der Waals surface area (Å²) < 4.78 is 7.39. The highest BCUT2D eigenvalue weighted by atomic mass is 16.4. The van der Waals surface area contributed by atoms with Crippen LogP contribution in [0.4, 0.5) is 0 Å². The molecule has 0 aliphatic rings. The highest BCUT2D eigenvalue weighted by Crippen LogP contribution is 2.21. The fraction of sp³-hybridized carbons (Fsp3) is 0.409. The summed E-state index contributed by atoms with van der Waals surface area (Å²) in [6.07, 6.45) is 1.81. The molecule has 1 unspecified atom stereocenters. The number of aliphatic hydroxyl groups is 1. The first-order valence-corrected chi connectivity index (χ1v) is 10.1. The first-order chi connectivity index (χ1) is 14.3. The number of nitrogens with zero attached hydrogens (tertiary/aromatic N) is 4. The van der Waals surface area contributed by atoms with E-state index in [1.54, 1.807) is 19.2 Å². The van der Waals surface area contributed by atoms with Crippen LogP contribution < -0.4 is 10.6 Å². The zero-order valence-corrected chi connectivity index (χ0v) is 18.2. The summed E-state index contributed by atoms with van der Waals surface area (Å²) in [5.41, 5.74) is 1.84. The number of aryl methyl sites for hydroxylation is 3. The quantitative estimate of drug-likeness (QED) is 0.409. The molecular formula is C22H30N6O2. The third-order valence-electron chi connectivity index (χ3n) is 4.67. The number of furan rings is 1. The fourth-order valence-corrected chi connectivity index (χ4v) is 3.08. The molecule has 8 heteroatoms. The van der Waals surface area contributed by atoms with E-state index in [9.17, 15) is 5.11 Å². The van der Waals surface area contributed by atoms with E-state index in [-0.39, 0.29) is 6.54 Å². The van der Waals surface area contributed by atoms with Gasteiger partial charge in [0.05, 0.1) is 18.8 Å². The predicted molar refractivity (Wildman–Crippen MR) is 117 cm³/mol. The highest BCUT2D eigenvalue weighted by molar-refractivity contribution is 5.79. The molecule has 30 heavy (non-hydrogen) atoms. The van der Waals surface area contributed by atoms with Gasteiger partial charge in [-0.25, -0.2) is 14.7 Å². The van der Waals surface area contributed by atoms with Crippen molar-refractivity contribution in [1.29, 1.82) is 0 Å². The second-order valence-electron chi connectivity index (χ2n) is 7.60. The third kappa shape index (κ3) is 5.27. The Labute approximate surface area is 177 Å². The normalized spacial score (nSPS) is 13.9. The maximum atomic E-state index is 10.7. The maximum Gasteiger partial charge on any atom is 0.191 e. The van der Waals surface area contributed by atoms with Gasteiger partial charge in [-0.2, -0.15) is 5.10 Å². The van der Waals surface area contributed by atoms with Gasteiger partial charge in [-0.15, -0.1) is 0 Å². The number of rotatable bonds is 7. The van der Waals surface area contributed by atoms with Gasteiger partial charge in [-0.1, -0.05) is 6.07 Å². The van der Waals surface area contributed by atoms with Crippen LogP contribution in [0, 0.1) is 20.8 Å². The Bertz CT molecular complexity index is 1000. The molecule has 0 aliphatic carbocycles. The van der Waals surface area contributed by atoms with Crippen LogP contribution in [0.25, 0.3) is 5.82 Å². The number of hydrogen-bond donors (Lipinski definition) is 3. The predicted octanol–water partition coefficient (Wildman–Crippen LogP) is 2.75. The standard InChI is InChI=1S/C22H30N6O2/c1-6-23-21(26-14-22(5,29)19-9-7-17(4)30-19)25-13-18-8-10-20(24-12-18)28-16(3)11-15(2)27-28/h7-12,29H,6,13-14H2,1-5H3,(H2,23,25,26). The second-order valence-corrected chi connectivity index (χ2v) is 7.60. The summed E-state index contributed by atoms with van der Waals surface area (Å²) in [5.74, 6) is 2.68. The number of nitrogens with one attached hydrogen (secondary N) is 2. The Kier molecular flexibility index (Phi) is 6.56. The van der Waals surface area contributed by atoms with E-state index < -0.39 is 5.60 Å². The smallest absolute Gasteiger partial charge is 0.191 e. The first kappa shape index (κ1) is 21.6.